The molecule has 1 fully saturated rings. The molecule has 0 aromatic carbocycles. The van der Waals surface area contributed by atoms with Gasteiger partial charge in [-0.15, -0.1) is 10.2 Å². The van der Waals surface area contributed by atoms with Crippen LogP contribution in [0.4, 0.5) is 10.5 Å². The highest BCUT2D eigenvalue weighted by Gasteiger charge is 2.32. The van der Waals surface area contributed by atoms with Gasteiger partial charge in [0.05, 0.1) is 5.56 Å². The SMILES string of the molecule is CCN(C(=O)OC(C)(C)C)[C@H]1CC[C@H](c2nnc(-c3cnc(Cl)cc3NC)s2)CC1. The summed E-state index contributed by atoms with van der Waals surface area (Å²) in [4.78, 5) is 18.6. The van der Waals surface area contributed by atoms with E-state index in [1.54, 1.807) is 23.6 Å². The molecule has 2 aromatic rings. The average molecular weight is 452 g/mol. The van der Waals surface area contributed by atoms with Crippen molar-refractivity contribution in [2.75, 3.05) is 18.9 Å². The number of aromatic nitrogens is 3. The summed E-state index contributed by atoms with van der Waals surface area (Å²) in [7, 11) is 1.85. The van der Waals surface area contributed by atoms with Crippen LogP contribution in [0, 0.1) is 0 Å². The Balaban J connectivity index is 1.65. The Morgan fingerprint density at radius 3 is 2.60 bits per heavy atom. The smallest absolute Gasteiger partial charge is 0.410 e. The van der Waals surface area contributed by atoms with Crippen molar-refractivity contribution >= 4 is 34.7 Å². The largest absolute Gasteiger partial charge is 0.444 e. The van der Waals surface area contributed by atoms with Gasteiger partial charge in [0.2, 0.25) is 0 Å². The zero-order valence-corrected chi connectivity index (χ0v) is 19.8. The van der Waals surface area contributed by atoms with E-state index in [0.717, 1.165) is 46.9 Å². The fourth-order valence-corrected chi connectivity index (χ4v) is 5.00. The molecular formula is C21H30ClN5O2S. The topological polar surface area (TPSA) is 80.2 Å². The zero-order chi connectivity index (χ0) is 21.9. The van der Waals surface area contributed by atoms with Gasteiger partial charge in [0.25, 0.3) is 0 Å². The molecule has 0 saturated heterocycles. The molecule has 0 bridgehead atoms. The van der Waals surface area contributed by atoms with E-state index in [1.165, 1.54) is 0 Å². The van der Waals surface area contributed by atoms with Crippen LogP contribution in [0.2, 0.25) is 5.15 Å². The number of hydrogen-bond donors (Lipinski definition) is 1. The summed E-state index contributed by atoms with van der Waals surface area (Å²) in [6, 6.07) is 2.00. The van der Waals surface area contributed by atoms with Crippen molar-refractivity contribution in [3.05, 3.63) is 22.4 Å². The number of ether oxygens (including phenoxy) is 1. The van der Waals surface area contributed by atoms with Crippen LogP contribution >= 0.6 is 22.9 Å². The van der Waals surface area contributed by atoms with Crippen LogP contribution in [0.1, 0.15) is 64.3 Å². The number of carbonyl (C=O) groups excluding carboxylic acids is 1. The van der Waals surface area contributed by atoms with Crippen molar-refractivity contribution < 1.29 is 9.53 Å². The molecule has 9 heteroatoms. The average Bonchev–Trinajstić information content (AvgIpc) is 3.17. The minimum Gasteiger partial charge on any atom is -0.444 e. The Hall–Kier alpha value is -1.93. The monoisotopic (exact) mass is 451 g/mol. The van der Waals surface area contributed by atoms with Gasteiger partial charge in [0.15, 0.2) is 5.01 Å². The van der Waals surface area contributed by atoms with E-state index in [0.29, 0.717) is 17.6 Å². The number of rotatable bonds is 5. The number of amides is 1. The van der Waals surface area contributed by atoms with E-state index >= 15 is 0 Å². The van der Waals surface area contributed by atoms with E-state index in [4.69, 9.17) is 16.3 Å². The summed E-state index contributed by atoms with van der Waals surface area (Å²) in [6.45, 7) is 8.37. The molecule has 0 atom stereocenters. The Kier molecular flexibility index (Phi) is 7.18. The molecule has 30 heavy (non-hydrogen) atoms. The van der Waals surface area contributed by atoms with E-state index < -0.39 is 5.60 Å². The first-order chi connectivity index (χ1) is 14.2. The maximum atomic E-state index is 12.5. The minimum atomic E-state index is -0.479. The first-order valence-corrected chi connectivity index (χ1v) is 11.6. The summed E-state index contributed by atoms with van der Waals surface area (Å²) >= 11 is 7.60. The number of halogens is 1. The van der Waals surface area contributed by atoms with E-state index in [1.807, 2.05) is 39.6 Å². The molecule has 1 aliphatic carbocycles. The first kappa shape index (κ1) is 22.7. The predicted molar refractivity (Wildman–Crippen MR) is 121 cm³/mol. The normalized spacial score (nSPS) is 19.4. The third kappa shape index (κ3) is 5.40. The molecule has 1 N–H and O–H groups in total. The first-order valence-electron chi connectivity index (χ1n) is 10.4. The van der Waals surface area contributed by atoms with Gasteiger partial charge in [0, 0.05) is 37.4 Å². The molecular weight excluding hydrogens is 422 g/mol. The second-order valence-corrected chi connectivity index (χ2v) is 9.92. The van der Waals surface area contributed by atoms with Gasteiger partial charge in [-0.1, -0.05) is 22.9 Å². The van der Waals surface area contributed by atoms with Crippen LogP contribution in [0.3, 0.4) is 0 Å². The van der Waals surface area contributed by atoms with Crippen molar-refractivity contribution in [1.82, 2.24) is 20.1 Å². The van der Waals surface area contributed by atoms with Gasteiger partial charge in [-0.25, -0.2) is 9.78 Å². The Bertz CT molecular complexity index is 875. The number of nitrogens with zero attached hydrogens (tertiary/aromatic N) is 4. The number of anilines is 1. The highest BCUT2D eigenvalue weighted by molar-refractivity contribution is 7.14. The summed E-state index contributed by atoms with van der Waals surface area (Å²) in [6.07, 6.45) is 5.36. The van der Waals surface area contributed by atoms with Gasteiger partial charge >= 0.3 is 6.09 Å². The molecule has 7 nitrogen and oxygen atoms in total. The van der Waals surface area contributed by atoms with E-state index in [9.17, 15) is 4.79 Å². The number of hydrogen-bond acceptors (Lipinski definition) is 7. The van der Waals surface area contributed by atoms with Crippen LogP contribution in [0.25, 0.3) is 10.6 Å². The fraction of sp³-hybridized carbons (Fsp3) is 0.619. The maximum Gasteiger partial charge on any atom is 0.410 e. The summed E-state index contributed by atoms with van der Waals surface area (Å²) < 4.78 is 5.58. The van der Waals surface area contributed by atoms with Gasteiger partial charge < -0.3 is 15.0 Å². The van der Waals surface area contributed by atoms with Crippen LogP contribution in [-0.2, 0) is 4.74 Å². The molecule has 0 unspecified atom stereocenters. The molecule has 1 amide bonds. The summed E-state index contributed by atoms with van der Waals surface area (Å²) in [5.74, 6) is 0.364. The number of carbonyl (C=O) groups is 1. The molecule has 1 saturated carbocycles. The van der Waals surface area contributed by atoms with E-state index in [2.05, 4.69) is 20.5 Å². The van der Waals surface area contributed by atoms with Crippen LogP contribution in [0.15, 0.2) is 12.3 Å². The quantitative estimate of drug-likeness (QED) is 0.598. The van der Waals surface area contributed by atoms with E-state index in [-0.39, 0.29) is 12.1 Å². The zero-order valence-electron chi connectivity index (χ0n) is 18.2. The maximum absolute atomic E-state index is 12.5. The molecule has 164 valence electrons. The van der Waals surface area contributed by atoms with Crippen molar-refractivity contribution in [1.29, 1.82) is 0 Å². The lowest BCUT2D eigenvalue weighted by molar-refractivity contribution is 0.0129. The highest BCUT2D eigenvalue weighted by atomic mass is 35.5. The van der Waals surface area contributed by atoms with Gasteiger partial charge in [-0.3, -0.25) is 0 Å². The third-order valence-corrected chi connectivity index (χ3v) is 6.59. The molecule has 0 radical (unpaired) electrons. The molecule has 1 aliphatic rings. The van der Waals surface area contributed by atoms with Crippen LogP contribution in [0.5, 0.6) is 0 Å². The second kappa shape index (κ2) is 9.47. The molecule has 3 rings (SSSR count). The lowest BCUT2D eigenvalue weighted by Gasteiger charge is -2.36. The lowest BCUT2D eigenvalue weighted by atomic mass is 9.86. The Morgan fingerprint density at radius 2 is 2.00 bits per heavy atom. The molecule has 2 heterocycles. The minimum absolute atomic E-state index is 0.213. The Morgan fingerprint density at radius 1 is 1.30 bits per heavy atom. The number of pyridine rings is 1. The van der Waals surface area contributed by atoms with Crippen molar-refractivity contribution in [3.8, 4) is 10.6 Å². The van der Waals surface area contributed by atoms with Gasteiger partial charge in [-0.2, -0.15) is 0 Å². The molecule has 0 spiro atoms. The summed E-state index contributed by atoms with van der Waals surface area (Å²) in [5.41, 5.74) is 1.31. The standard InChI is InChI=1S/C21H30ClN5O2S/c1-6-27(20(28)29-21(2,3)4)14-9-7-13(8-10-14)18-25-26-19(30-18)15-12-24-17(22)11-16(15)23-5/h11-14H,6-10H2,1-5H3,(H,23,24)/t13-,14-. The fourth-order valence-electron chi connectivity index (χ4n) is 3.81. The second-order valence-electron chi connectivity index (χ2n) is 8.52. The Labute approximate surface area is 187 Å². The van der Waals surface area contributed by atoms with Crippen molar-refractivity contribution in [3.63, 3.8) is 0 Å². The van der Waals surface area contributed by atoms with Crippen molar-refractivity contribution in [2.24, 2.45) is 0 Å². The number of nitrogens with one attached hydrogen (secondary N) is 1. The van der Waals surface area contributed by atoms with Gasteiger partial charge in [-0.05, 0) is 59.4 Å². The van der Waals surface area contributed by atoms with Crippen molar-refractivity contribution in [2.45, 2.75) is 70.9 Å². The molecule has 0 aliphatic heterocycles. The van der Waals surface area contributed by atoms with Crippen LogP contribution in [-0.4, -0.2) is 51.4 Å². The van der Waals surface area contributed by atoms with Crippen LogP contribution < -0.4 is 5.32 Å². The predicted octanol–water partition coefficient (Wildman–Crippen LogP) is 5.58. The summed E-state index contributed by atoms with van der Waals surface area (Å²) in [5, 5.41) is 14.3. The van der Waals surface area contributed by atoms with Gasteiger partial charge in [0.1, 0.15) is 15.8 Å². The third-order valence-electron chi connectivity index (χ3n) is 5.27. The highest BCUT2D eigenvalue weighted by Crippen LogP contribution is 2.39. The molecule has 2 aromatic heterocycles. The lowest BCUT2D eigenvalue weighted by Crippen LogP contribution is -2.44.